The van der Waals surface area contributed by atoms with Gasteiger partial charge in [0.15, 0.2) is 0 Å². The van der Waals surface area contributed by atoms with Gasteiger partial charge in [0.2, 0.25) is 5.91 Å². The lowest BCUT2D eigenvalue weighted by atomic mass is 10.1. The van der Waals surface area contributed by atoms with Gasteiger partial charge in [0.05, 0.1) is 19.1 Å². The summed E-state index contributed by atoms with van der Waals surface area (Å²) in [5.74, 6) is 0.0939. The van der Waals surface area contributed by atoms with E-state index in [9.17, 15) is 4.79 Å². The van der Waals surface area contributed by atoms with E-state index in [1.54, 1.807) is 6.08 Å². The third-order valence-corrected chi connectivity index (χ3v) is 2.07. The maximum absolute atomic E-state index is 11.5. The average molecular weight is 169 g/mol. The van der Waals surface area contributed by atoms with Gasteiger partial charge in [-0.3, -0.25) is 4.79 Å². The molecule has 12 heavy (non-hydrogen) atoms. The summed E-state index contributed by atoms with van der Waals surface area (Å²) in [6.07, 6.45) is 1.68. The Morgan fingerprint density at radius 2 is 2.17 bits per heavy atom. The fourth-order valence-corrected chi connectivity index (χ4v) is 1.17. The van der Waals surface area contributed by atoms with Gasteiger partial charge >= 0.3 is 0 Å². The molecule has 3 nitrogen and oxygen atoms in total. The number of hydrogen-bond donors (Lipinski definition) is 0. The quantitative estimate of drug-likeness (QED) is 0.568. The largest absolute Gasteiger partial charge is 0.378 e. The normalized spacial score (nSPS) is 20.2. The van der Waals surface area contributed by atoms with Crippen LogP contribution in [0.4, 0.5) is 0 Å². The number of rotatable bonds is 2. The number of amides is 1. The fraction of sp³-hybridized carbons (Fsp3) is 0.667. The zero-order valence-electron chi connectivity index (χ0n) is 7.45. The van der Waals surface area contributed by atoms with Gasteiger partial charge in [0.1, 0.15) is 0 Å². The van der Waals surface area contributed by atoms with Crippen LogP contribution in [0.15, 0.2) is 12.7 Å². The van der Waals surface area contributed by atoms with Crippen LogP contribution in [0.2, 0.25) is 0 Å². The molecule has 1 rings (SSSR count). The highest BCUT2D eigenvalue weighted by atomic mass is 16.5. The maximum Gasteiger partial charge on any atom is 0.229 e. The van der Waals surface area contributed by atoms with Crippen LogP contribution in [-0.2, 0) is 9.53 Å². The van der Waals surface area contributed by atoms with Crippen molar-refractivity contribution in [2.24, 2.45) is 5.92 Å². The third-order valence-electron chi connectivity index (χ3n) is 2.07. The predicted molar refractivity (Wildman–Crippen MR) is 46.8 cm³/mol. The van der Waals surface area contributed by atoms with Crippen LogP contribution in [0, 0.1) is 5.92 Å². The molecular weight excluding hydrogens is 154 g/mol. The lowest BCUT2D eigenvalue weighted by molar-refractivity contribution is -0.137. The van der Waals surface area contributed by atoms with E-state index in [4.69, 9.17) is 4.74 Å². The second-order valence-corrected chi connectivity index (χ2v) is 2.96. The number of morpholine rings is 1. The Balaban J connectivity index is 2.44. The van der Waals surface area contributed by atoms with Crippen molar-refractivity contribution in [2.45, 2.75) is 6.92 Å². The highest BCUT2D eigenvalue weighted by molar-refractivity contribution is 5.80. The zero-order valence-corrected chi connectivity index (χ0v) is 7.45. The molecule has 1 amide bonds. The molecule has 1 saturated heterocycles. The minimum Gasteiger partial charge on any atom is -0.378 e. The first-order chi connectivity index (χ1) is 5.75. The van der Waals surface area contributed by atoms with Crippen LogP contribution in [0.3, 0.4) is 0 Å². The smallest absolute Gasteiger partial charge is 0.229 e. The van der Waals surface area contributed by atoms with Crippen molar-refractivity contribution in [3.63, 3.8) is 0 Å². The molecule has 1 atom stereocenters. The van der Waals surface area contributed by atoms with Crippen molar-refractivity contribution in [3.05, 3.63) is 12.7 Å². The summed E-state index contributed by atoms with van der Waals surface area (Å²) < 4.78 is 5.14. The van der Waals surface area contributed by atoms with E-state index in [-0.39, 0.29) is 11.8 Å². The molecule has 0 spiro atoms. The molecule has 1 aliphatic heterocycles. The highest BCUT2D eigenvalue weighted by Gasteiger charge is 2.19. The van der Waals surface area contributed by atoms with Crippen molar-refractivity contribution in [1.82, 2.24) is 4.90 Å². The Morgan fingerprint density at radius 3 is 2.67 bits per heavy atom. The van der Waals surface area contributed by atoms with Gasteiger partial charge in [-0.05, 0) is 0 Å². The van der Waals surface area contributed by atoms with Crippen LogP contribution in [0.1, 0.15) is 6.92 Å². The zero-order chi connectivity index (χ0) is 8.97. The molecule has 0 aromatic rings. The molecule has 0 radical (unpaired) electrons. The van der Waals surface area contributed by atoms with Crippen LogP contribution < -0.4 is 0 Å². The minimum absolute atomic E-state index is 0.0666. The van der Waals surface area contributed by atoms with Crippen molar-refractivity contribution < 1.29 is 9.53 Å². The molecule has 1 unspecified atom stereocenters. The van der Waals surface area contributed by atoms with Gasteiger partial charge < -0.3 is 9.64 Å². The summed E-state index contributed by atoms with van der Waals surface area (Å²) in [6.45, 7) is 8.23. The SMILES string of the molecule is C=CC(C)C(=O)N1CCOCC1. The Hall–Kier alpha value is -0.830. The van der Waals surface area contributed by atoms with E-state index >= 15 is 0 Å². The minimum atomic E-state index is -0.0666. The van der Waals surface area contributed by atoms with Crippen LogP contribution in [-0.4, -0.2) is 37.1 Å². The third kappa shape index (κ3) is 2.08. The summed E-state index contributed by atoms with van der Waals surface area (Å²) in [5, 5.41) is 0. The van der Waals surface area contributed by atoms with Crippen molar-refractivity contribution in [2.75, 3.05) is 26.3 Å². The topological polar surface area (TPSA) is 29.5 Å². The van der Waals surface area contributed by atoms with Crippen LogP contribution in [0.5, 0.6) is 0 Å². The molecular formula is C9H15NO2. The predicted octanol–water partition coefficient (Wildman–Crippen LogP) is 0.667. The summed E-state index contributed by atoms with van der Waals surface area (Å²) in [7, 11) is 0. The first kappa shape index (κ1) is 9.26. The van der Waals surface area contributed by atoms with Crippen molar-refractivity contribution in [3.8, 4) is 0 Å². The Morgan fingerprint density at radius 1 is 1.58 bits per heavy atom. The molecule has 0 bridgehead atoms. The molecule has 3 heteroatoms. The fourth-order valence-electron chi connectivity index (χ4n) is 1.17. The molecule has 0 aromatic heterocycles. The molecule has 0 aromatic carbocycles. The van der Waals surface area contributed by atoms with E-state index in [0.717, 1.165) is 13.1 Å². The molecule has 68 valence electrons. The number of carbonyl (C=O) groups excluding carboxylic acids is 1. The second-order valence-electron chi connectivity index (χ2n) is 2.96. The van der Waals surface area contributed by atoms with Gasteiger partial charge in [0.25, 0.3) is 0 Å². The maximum atomic E-state index is 11.5. The van der Waals surface area contributed by atoms with E-state index in [1.165, 1.54) is 0 Å². The van der Waals surface area contributed by atoms with Crippen LogP contribution in [0.25, 0.3) is 0 Å². The van der Waals surface area contributed by atoms with Crippen molar-refractivity contribution in [1.29, 1.82) is 0 Å². The van der Waals surface area contributed by atoms with E-state index in [1.807, 2.05) is 11.8 Å². The van der Waals surface area contributed by atoms with E-state index in [0.29, 0.717) is 13.2 Å². The van der Waals surface area contributed by atoms with E-state index in [2.05, 4.69) is 6.58 Å². The molecule has 0 aliphatic carbocycles. The van der Waals surface area contributed by atoms with Gasteiger partial charge in [-0.1, -0.05) is 13.0 Å². The van der Waals surface area contributed by atoms with Gasteiger partial charge in [-0.2, -0.15) is 0 Å². The van der Waals surface area contributed by atoms with Crippen molar-refractivity contribution >= 4 is 5.91 Å². The van der Waals surface area contributed by atoms with Gasteiger partial charge in [-0.25, -0.2) is 0 Å². The number of hydrogen-bond acceptors (Lipinski definition) is 2. The Bertz CT molecular complexity index is 173. The second kappa shape index (κ2) is 4.26. The Kier molecular flexibility index (Phi) is 3.29. The lowest BCUT2D eigenvalue weighted by Gasteiger charge is -2.28. The molecule has 1 fully saturated rings. The average Bonchev–Trinajstić information content (AvgIpc) is 2.17. The van der Waals surface area contributed by atoms with Gasteiger partial charge in [-0.15, -0.1) is 6.58 Å². The molecule has 0 N–H and O–H groups in total. The number of ether oxygens (including phenoxy) is 1. The summed E-state index contributed by atoms with van der Waals surface area (Å²) in [5.41, 5.74) is 0. The summed E-state index contributed by atoms with van der Waals surface area (Å²) >= 11 is 0. The Labute approximate surface area is 73.0 Å². The van der Waals surface area contributed by atoms with Crippen LogP contribution >= 0.6 is 0 Å². The summed E-state index contributed by atoms with van der Waals surface area (Å²) in [4.78, 5) is 13.4. The standard InChI is InChI=1S/C9H15NO2/c1-3-8(2)9(11)10-4-6-12-7-5-10/h3,8H,1,4-7H2,2H3. The number of carbonyl (C=O) groups is 1. The first-order valence-electron chi connectivity index (χ1n) is 4.25. The molecule has 0 saturated carbocycles. The number of nitrogens with zero attached hydrogens (tertiary/aromatic N) is 1. The monoisotopic (exact) mass is 169 g/mol. The summed E-state index contributed by atoms with van der Waals surface area (Å²) in [6, 6.07) is 0. The van der Waals surface area contributed by atoms with Gasteiger partial charge in [0, 0.05) is 13.1 Å². The van der Waals surface area contributed by atoms with E-state index < -0.39 is 0 Å². The first-order valence-corrected chi connectivity index (χ1v) is 4.25. The lowest BCUT2D eigenvalue weighted by Crippen LogP contribution is -2.42. The molecule has 1 heterocycles. The molecule has 1 aliphatic rings. The highest BCUT2D eigenvalue weighted by Crippen LogP contribution is 2.05.